The molecule has 1 aromatic rings. The molecule has 0 aliphatic carbocycles. The predicted molar refractivity (Wildman–Crippen MR) is 78.9 cm³/mol. The number of carbonyl (C=O) groups excluding carboxylic acids is 1. The van der Waals surface area contributed by atoms with Gasteiger partial charge in [0, 0.05) is 32.4 Å². The fraction of sp³-hybridized carbons (Fsp3) is 0.692. The van der Waals surface area contributed by atoms with Crippen LogP contribution in [0, 0.1) is 0 Å². The molecule has 0 N–H and O–H groups in total. The molecule has 2 aliphatic rings. The van der Waals surface area contributed by atoms with E-state index in [1.165, 1.54) is 10.6 Å². The molecule has 0 bridgehead atoms. The van der Waals surface area contributed by atoms with E-state index >= 15 is 0 Å². The van der Waals surface area contributed by atoms with Gasteiger partial charge in [-0.15, -0.1) is 0 Å². The van der Waals surface area contributed by atoms with Crippen molar-refractivity contribution >= 4 is 15.9 Å². The molecule has 1 saturated heterocycles. The number of nitrogens with zero attached hydrogens (tertiary/aromatic N) is 4. The van der Waals surface area contributed by atoms with E-state index < -0.39 is 10.0 Å². The van der Waals surface area contributed by atoms with Crippen LogP contribution in [0.5, 0.6) is 0 Å². The molecular weight excluding hydrogens is 308 g/mol. The highest BCUT2D eigenvalue weighted by molar-refractivity contribution is 7.88. The number of rotatable bonds is 2. The van der Waals surface area contributed by atoms with Gasteiger partial charge in [-0.25, -0.2) is 13.4 Å². The minimum absolute atomic E-state index is 0.122. The molecule has 1 atom stereocenters. The topological polar surface area (TPSA) is 84.7 Å². The molecule has 1 amide bonds. The van der Waals surface area contributed by atoms with E-state index in [9.17, 15) is 13.2 Å². The average Bonchev–Trinajstić information content (AvgIpc) is 2.91. The Morgan fingerprint density at radius 1 is 1.27 bits per heavy atom. The summed E-state index contributed by atoms with van der Waals surface area (Å²) in [5, 5.41) is 0. The second-order valence-corrected chi connectivity index (χ2v) is 7.57. The molecular formula is C13H20N4O4S. The number of hydrogen-bond donors (Lipinski definition) is 0. The highest BCUT2D eigenvalue weighted by atomic mass is 32.2. The Bertz CT molecular complexity index is 678. The Kier molecular flexibility index (Phi) is 3.96. The van der Waals surface area contributed by atoms with Crippen LogP contribution >= 0.6 is 0 Å². The lowest BCUT2D eigenvalue weighted by molar-refractivity contribution is 0.0299. The van der Waals surface area contributed by atoms with Gasteiger partial charge in [-0.05, 0) is 6.92 Å². The van der Waals surface area contributed by atoms with Crippen molar-refractivity contribution in [2.75, 3.05) is 39.1 Å². The third-order valence-electron chi connectivity index (χ3n) is 4.12. The molecule has 0 aromatic carbocycles. The van der Waals surface area contributed by atoms with Crippen LogP contribution in [0.1, 0.15) is 29.3 Å². The van der Waals surface area contributed by atoms with Crippen LogP contribution in [0.2, 0.25) is 0 Å². The summed E-state index contributed by atoms with van der Waals surface area (Å²) < 4.78 is 32.1. The van der Waals surface area contributed by atoms with Gasteiger partial charge in [0.05, 0.1) is 25.5 Å². The summed E-state index contributed by atoms with van der Waals surface area (Å²) in [6, 6.07) is -0.366. The Hall–Kier alpha value is -1.45. The number of fused-ring (bicyclic) bond motifs is 1. The molecule has 3 rings (SSSR count). The molecule has 0 spiro atoms. The van der Waals surface area contributed by atoms with E-state index in [1.807, 2.05) is 4.57 Å². The summed E-state index contributed by atoms with van der Waals surface area (Å²) >= 11 is 0. The van der Waals surface area contributed by atoms with Crippen molar-refractivity contribution in [1.82, 2.24) is 18.8 Å². The van der Waals surface area contributed by atoms with E-state index in [2.05, 4.69) is 4.98 Å². The molecule has 22 heavy (non-hydrogen) atoms. The number of carbonyl (C=O) groups is 1. The Morgan fingerprint density at radius 3 is 2.59 bits per heavy atom. The van der Waals surface area contributed by atoms with Gasteiger partial charge in [0.15, 0.2) is 0 Å². The summed E-state index contributed by atoms with van der Waals surface area (Å²) in [6.45, 7) is 4.90. The summed E-state index contributed by atoms with van der Waals surface area (Å²) in [5.74, 6) is 0.497. The van der Waals surface area contributed by atoms with Crippen LogP contribution in [0.3, 0.4) is 0 Å². The van der Waals surface area contributed by atoms with Crippen molar-refractivity contribution in [3.05, 3.63) is 17.7 Å². The summed E-state index contributed by atoms with van der Waals surface area (Å²) in [5.41, 5.74) is 0.374. The Balaban J connectivity index is 1.85. The van der Waals surface area contributed by atoms with Gasteiger partial charge in [-0.3, -0.25) is 4.79 Å². The van der Waals surface area contributed by atoms with E-state index in [0.717, 1.165) is 0 Å². The average molecular weight is 328 g/mol. The standard InChI is InChI=1S/C13H20N4O4S/c1-10-12-14-11(13(18)15-5-7-21-8-6-15)9-16(12)3-4-17(10)22(2,19)20/h9-10H,3-8H2,1-2H3. The smallest absolute Gasteiger partial charge is 0.274 e. The number of hydrogen-bond acceptors (Lipinski definition) is 5. The van der Waals surface area contributed by atoms with Crippen molar-refractivity contribution in [3.8, 4) is 0 Å². The number of sulfonamides is 1. The molecule has 8 nitrogen and oxygen atoms in total. The maximum Gasteiger partial charge on any atom is 0.274 e. The fourth-order valence-corrected chi connectivity index (χ4v) is 4.04. The zero-order chi connectivity index (χ0) is 15.9. The summed E-state index contributed by atoms with van der Waals surface area (Å²) in [7, 11) is -3.28. The van der Waals surface area contributed by atoms with Crippen LogP contribution in [0.15, 0.2) is 6.20 Å². The van der Waals surface area contributed by atoms with Gasteiger partial charge in [0.2, 0.25) is 10.0 Å². The molecule has 9 heteroatoms. The normalized spacial score (nSPS) is 23.4. The van der Waals surface area contributed by atoms with Crippen LogP contribution in [0.25, 0.3) is 0 Å². The molecule has 2 aliphatic heterocycles. The largest absolute Gasteiger partial charge is 0.378 e. The number of amides is 1. The molecule has 122 valence electrons. The Morgan fingerprint density at radius 2 is 1.95 bits per heavy atom. The van der Waals surface area contributed by atoms with E-state index in [0.29, 0.717) is 50.9 Å². The van der Waals surface area contributed by atoms with Crippen molar-refractivity contribution in [1.29, 1.82) is 0 Å². The first-order valence-corrected chi connectivity index (χ1v) is 9.13. The number of aromatic nitrogens is 2. The fourth-order valence-electron chi connectivity index (χ4n) is 2.96. The predicted octanol–water partition coefficient (Wildman–Crippen LogP) is -0.308. The highest BCUT2D eigenvalue weighted by Crippen LogP contribution is 2.27. The van der Waals surface area contributed by atoms with Crippen molar-refractivity contribution in [2.45, 2.75) is 19.5 Å². The summed E-state index contributed by atoms with van der Waals surface area (Å²) in [6.07, 6.45) is 2.92. The third-order valence-corrected chi connectivity index (χ3v) is 5.47. The first-order chi connectivity index (χ1) is 10.4. The molecule has 0 saturated carbocycles. The maximum absolute atomic E-state index is 12.5. The maximum atomic E-state index is 12.5. The zero-order valence-corrected chi connectivity index (χ0v) is 13.5. The minimum Gasteiger partial charge on any atom is -0.378 e. The van der Waals surface area contributed by atoms with Gasteiger partial charge >= 0.3 is 0 Å². The monoisotopic (exact) mass is 328 g/mol. The third kappa shape index (κ3) is 2.75. The van der Waals surface area contributed by atoms with Gasteiger partial charge < -0.3 is 14.2 Å². The zero-order valence-electron chi connectivity index (χ0n) is 12.7. The number of morpholine rings is 1. The second-order valence-electron chi connectivity index (χ2n) is 5.63. The minimum atomic E-state index is -3.28. The molecule has 1 unspecified atom stereocenters. The first kappa shape index (κ1) is 15.4. The molecule has 0 radical (unpaired) electrons. The van der Waals surface area contributed by atoms with Crippen molar-refractivity contribution in [3.63, 3.8) is 0 Å². The number of ether oxygens (including phenoxy) is 1. The lowest BCUT2D eigenvalue weighted by Crippen LogP contribution is -2.41. The first-order valence-electron chi connectivity index (χ1n) is 7.29. The second kappa shape index (κ2) is 5.64. The highest BCUT2D eigenvalue weighted by Gasteiger charge is 2.33. The van der Waals surface area contributed by atoms with Crippen molar-refractivity contribution in [2.24, 2.45) is 0 Å². The quantitative estimate of drug-likeness (QED) is 0.744. The molecule has 3 heterocycles. The molecule has 1 fully saturated rings. The van der Waals surface area contributed by atoms with Crippen LogP contribution in [-0.2, 0) is 21.3 Å². The molecule has 1 aromatic heterocycles. The van der Waals surface area contributed by atoms with E-state index in [-0.39, 0.29) is 11.9 Å². The number of imidazole rings is 1. The van der Waals surface area contributed by atoms with E-state index in [4.69, 9.17) is 4.74 Å². The van der Waals surface area contributed by atoms with Crippen molar-refractivity contribution < 1.29 is 17.9 Å². The summed E-state index contributed by atoms with van der Waals surface area (Å²) in [4.78, 5) is 18.6. The lowest BCUT2D eigenvalue weighted by Gasteiger charge is -2.31. The van der Waals surface area contributed by atoms with Gasteiger partial charge in [-0.1, -0.05) is 0 Å². The SMILES string of the molecule is CC1c2nc(C(=O)N3CCOCC3)cn2CCN1S(C)(=O)=O. The lowest BCUT2D eigenvalue weighted by atomic mass is 10.2. The van der Waals surface area contributed by atoms with Crippen LogP contribution < -0.4 is 0 Å². The van der Waals surface area contributed by atoms with Gasteiger partial charge in [0.25, 0.3) is 5.91 Å². The van der Waals surface area contributed by atoms with Gasteiger partial charge in [-0.2, -0.15) is 4.31 Å². The Labute approximate surface area is 129 Å². The van der Waals surface area contributed by atoms with Gasteiger partial charge in [0.1, 0.15) is 11.5 Å². The van der Waals surface area contributed by atoms with Crippen LogP contribution in [0.4, 0.5) is 0 Å². The van der Waals surface area contributed by atoms with Crippen LogP contribution in [-0.4, -0.2) is 72.2 Å². The van der Waals surface area contributed by atoms with E-state index in [1.54, 1.807) is 18.0 Å².